The molecule has 8 rings (SSSR count). The van der Waals surface area contributed by atoms with Crippen molar-refractivity contribution in [2.24, 2.45) is 0 Å². The predicted molar refractivity (Wildman–Crippen MR) is 166 cm³/mol. The Bertz CT molecular complexity index is 2150. The van der Waals surface area contributed by atoms with Crippen molar-refractivity contribution in [1.29, 1.82) is 0 Å². The van der Waals surface area contributed by atoms with E-state index in [9.17, 15) is 18.4 Å². The highest BCUT2D eigenvalue weighted by Crippen LogP contribution is 2.56. The lowest BCUT2D eigenvalue weighted by Crippen LogP contribution is -2.62. The van der Waals surface area contributed by atoms with Gasteiger partial charge in [-0.1, -0.05) is 72.8 Å². The summed E-state index contributed by atoms with van der Waals surface area (Å²) in [7, 11) is 0. The van der Waals surface area contributed by atoms with Gasteiger partial charge in [0.2, 0.25) is 5.43 Å². The number of ether oxygens (including phenoxy) is 1. The van der Waals surface area contributed by atoms with Crippen LogP contribution in [0.4, 0.5) is 13.2 Å². The van der Waals surface area contributed by atoms with Crippen LogP contribution < -0.4 is 15.2 Å². The van der Waals surface area contributed by atoms with Crippen molar-refractivity contribution >= 4 is 12.0 Å². The number of hydrogen-bond donors (Lipinski definition) is 0. The number of rotatable bonds is 6. The fourth-order valence-electron chi connectivity index (χ4n) is 7.10. The van der Waals surface area contributed by atoms with Gasteiger partial charge in [0.25, 0.3) is 5.91 Å². The Kier molecular flexibility index (Phi) is 6.39. The van der Waals surface area contributed by atoms with Gasteiger partial charge in [0.05, 0.1) is 0 Å². The van der Waals surface area contributed by atoms with Gasteiger partial charge < -0.3 is 9.64 Å². The van der Waals surface area contributed by atoms with Crippen molar-refractivity contribution in [3.63, 3.8) is 0 Å². The summed E-state index contributed by atoms with van der Waals surface area (Å²) in [6.07, 6.45) is 3.89. The van der Waals surface area contributed by atoms with Gasteiger partial charge in [0.15, 0.2) is 23.1 Å². The lowest BCUT2D eigenvalue weighted by atomic mass is 9.83. The summed E-state index contributed by atoms with van der Waals surface area (Å²) < 4.78 is 51.7. The Labute approximate surface area is 262 Å². The number of benzene rings is 4. The van der Waals surface area contributed by atoms with Crippen LogP contribution in [0.25, 0.3) is 6.08 Å². The topological polar surface area (TPSA) is 54.8 Å². The van der Waals surface area contributed by atoms with E-state index < -0.39 is 34.3 Å². The van der Waals surface area contributed by atoms with Crippen molar-refractivity contribution in [2.75, 3.05) is 11.7 Å². The number of fused-ring (bicyclic) bond motifs is 6. The van der Waals surface area contributed by atoms with Gasteiger partial charge in [0.1, 0.15) is 24.6 Å². The molecule has 46 heavy (non-hydrogen) atoms. The van der Waals surface area contributed by atoms with Gasteiger partial charge in [-0.15, -0.1) is 0 Å². The van der Waals surface area contributed by atoms with E-state index in [0.29, 0.717) is 23.1 Å². The second-order valence-electron chi connectivity index (χ2n) is 11.7. The second-order valence-corrected chi connectivity index (χ2v) is 11.7. The summed E-state index contributed by atoms with van der Waals surface area (Å²) in [5.74, 6) is -3.00. The molecule has 0 spiro atoms. The molecule has 5 aromatic rings. The van der Waals surface area contributed by atoms with Crippen molar-refractivity contribution in [3.8, 4) is 5.75 Å². The Morgan fingerprint density at radius 1 is 0.783 bits per heavy atom. The van der Waals surface area contributed by atoms with Crippen LogP contribution in [0, 0.1) is 17.5 Å². The third-order valence-electron chi connectivity index (χ3n) is 9.03. The zero-order valence-electron chi connectivity index (χ0n) is 24.4. The maximum Gasteiger partial charge on any atom is 0.278 e. The molecule has 3 aliphatic rings. The molecule has 2 heterocycles. The minimum Gasteiger partial charge on any atom is -0.482 e. The molecular weight excluding hydrogens is 591 g/mol. The van der Waals surface area contributed by atoms with Gasteiger partial charge >= 0.3 is 0 Å². The molecule has 4 aromatic carbocycles. The third kappa shape index (κ3) is 4.18. The molecule has 0 fully saturated rings. The fourth-order valence-corrected chi connectivity index (χ4v) is 7.10. The predicted octanol–water partition coefficient (Wildman–Crippen LogP) is 6.29. The minimum absolute atomic E-state index is 0.0137. The lowest BCUT2D eigenvalue weighted by Gasteiger charge is -2.49. The van der Waals surface area contributed by atoms with E-state index >= 15 is 4.39 Å². The highest BCUT2D eigenvalue weighted by atomic mass is 19.2. The number of aromatic nitrogens is 1. The van der Waals surface area contributed by atoms with Crippen molar-refractivity contribution < 1.29 is 22.7 Å². The van der Waals surface area contributed by atoms with Crippen LogP contribution in [0.15, 0.2) is 114 Å². The molecule has 228 valence electrons. The summed E-state index contributed by atoms with van der Waals surface area (Å²) >= 11 is 0. The average molecular weight is 618 g/mol. The van der Waals surface area contributed by atoms with E-state index in [2.05, 4.69) is 0 Å². The molecule has 6 nitrogen and oxygen atoms in total. The molecule has 0 saturated carbocycles. The number of halogens is 3. The molecular formula is C37H26F3N3O3. The van der Waals surface area contributed by atoms with E-state index in [-0.39, 0.29) is 31.3 Å². The quantitative estimate of drug-likeness (QED) is 0.225. The van der Waals surface area contributed by atoms with Crippen LogP contribution in [0.3, 0.4) is 0 Å². The van der Waals surface area contributed by atoms with Crippen molar-refractivity contribution in [2.45, 2.75) is 25.1 Å². The first-order chi connectivity index (χ1) is 22.3. The molecule has 1 aromatic heterocycles. The largest absolute Gasteiger partial charge is 0.482 e. The number of nitrogens with zero attached hydrogens (tertiary/aromatic N) is 3. The Hall–Kier alpha value is -5.57. The average Bonchev–Trinajstić information content (AvgIpc) is 3.53. The van der Waals surface area contributed by atoms with Crippen LogP contribution in [0.2, 0.25) is 0 Å². The third-order valence-corrected chi connectivity index (χ3v) is 9.03. The zero-order chi connectivity index (χ0) is 31.6. The number of carbonyl (C=O) groups is 1. The summed E-state index contributed by atoms with van der Waals surface area (Å²) in [6.45, 7) is 0.0416. The van der Waals surface area contributed by atoms with Crippen molar-refractivity contribution in [3.05, 3.63) is 176 Å². The number of carbonyl (C=O) groups excluding carboxylic acids is 1. The van der Waals surface area contributed by atoms with Crippen LogP contribution in [-0.4, -0.2) is 22.2 Å². The zero-order valence-corrected chi connectivity index (χ0v) is 24.4. The van der Waals surface area contributed by atoms with Gasteiger partial charge in [-0.05, 0) is 69.6 Å². The Morgan fingerprint density at radius 2 is 1.54 bits per heavy atom. The minimum atomic E-state index is -1.15. The molecule has 0 radical (unpaired) electrons. The van der Waals surface area contributed by atoms with E-state index in [1.54, 1.807) is 16.8 Å². The first-order valence-electron chi connectivity index (χ1n) is 14.9. The van der Waals surface area contributed by atoms with E-state index in [0.717, 1.165) is 22.3 Å². The highest BCUT2D eigenvalue weighted by Gasteiger charge is 2.55. The molecule has 0 saturated heterocycles. The Balaban J connectivity index is 1.36. The highest BCUT2D eigenvalue weighted by molar-refractivity contribution is 5.96. The monoisotopic (exact) mass is 617 g/mol. The van der Waals surface area contributed by atoms with E-state index in [1.807, 2.05) is 65.7 Å². The van der Waals surface area contributed by atoms with Crippen LogP contribution >= 0.6 is 0 Å². The first kappa shape index (κ1) is 27.9. The van der Waals surface area contributed by atoms with Gasteiger partial charge in [-0.2, -0.15) is 0 Å². The second kappa shape index (κ2) is 10.5. The molecule has 0 bridgehead atoms. The maximum absolute atomic E-state index is 15.1. The van der Waals surface area contributed by atoms with E-state index in [4.69, 9.17) is 4.74 Å². The summed E-state index contributed by atoms with van der Waals surface area (Å²) in [5, 5.41) is 1.90. The van der Waals surface area contributed by atoms with Crippen molar-refractivity contribution in [1.82, 2.24) is 9.58 Å². The molecule has 1 amide bonds. The van der Waals surface area contributed by atoms with Gasteiger partial charge in [0, 0.05) is 18.8 Å². The summed E-state index contributed by atoms with van der Waals surface area (Å²) in [5.41, 5.74) is 3.46. The van der Waals surface area contributed by atoms with Crippen LogP contribution in [-0.2, 0) is 25.1 Å². The summed E-state index contributed by atoms with van der Waals surface area (Å²) in [4.78, 5) is 29.3. The van der Waals surface area contributed by atoms with Gasteiger partial charge in [-0.25, -0.2) is 13.2 Å². The standard InChI is InChI=1S/C37H26F3N3O3/c38-28-11-6-9-24(15-28)20-41-22-43(42-14-13-33(44)35(34(42)36(41)45)46-21-23-7-2-1-3-8-23)37-27(16-25-10-4-5-12-29(25)37)17-26-18-31(39)32(40)19-30(26)37/h1-16,18-19H,17,20-22H2. The molecule has 1 unspecified atom stereocenters. The Morgan fingerprint density at radius 3 is 2.37 bits per heavy atom. The molecule has 1 atom stereocenters. The SMILES string of the molecule is O=C1c2c(OCc3ccccc3)c(=O)ccn2N(C23C(=Cc4ccccc42)Cc2cc(F)c(F)cc23)CN1Cc1cccc(F)c1. The van der Waals surface area contributed by atoms with Gasteiger partial charge in [-0.3, -0.25) is 19.3 Å². The molecule has 9 heteroatoms. The first-order valence-corrected chi connectivity index (χ1v) is 14.9. The maximum atomic E-state index is 15.1. The number of hydrogen-bond acceptors (Lipinski definition) is 4. The van der Waals surface area contributed by atoms with Crippen LogP contribution in [0.1, 0.15) is 43.9 Å². The smallest absolute Gasteiger partial charge is 0.278 e. The van der Waals surface area contributed by atoms with E-state index in [1.165, 1.54) is 41.4 Å². The molecule has 1 aliphatic heterocycles. The van der Waals surface area contributed by atoms with Crippen LogP contribution in [0.5, 0.6) is 5.75 Å². The normalized spacial score (nSPS) is 17.7. The molecule has 2 aliphatic carbocycles. The number of pyridine rings is 1. The fraction of sp³-hybridized carbons (Fsp3) is 0.135. The number of amides is 1. The molecule has 0 N–H and O–H groups in total. The lowest BCUT2D eigenvalue weighted by molar-refractivity contribution is 0.0649. The summed E-state index contributed by atoms with van der Waals surface area (Å²) in [6, 6.07) is 26.7.